The quantitative estimate of drug-likeness (QED) is 0.704. The number of hydrogen-bond donors (Lipinski definition) is 1. The summed E-state index contributed by atoms with van der Waals surface area (Å²) >= 11 is 0. The van der Waals surface area contributed by atoms with Gasteiger partial charge in [0, 0.05) is 11.8 Å². The molecule has 0 atom stereocenters. The molecule has 0 aliphatic rings. The zero-order valence-electron chi connectivity index (χ0n) is 12.6. The van der Waals surface area contributed by atoms with E-state index in [1.165, 1.54) is 0 Å². The molecule has 2 nitrogen and oxygen atoms in total. The number of aliphatic hydroxyl groups is 1. The van der Waals surface area contributed by atoms with Crippen LogP contribution in [0.5, 0.6) is 0 Å². The van der Waals surface area contributed by atoms with Gasteiger partial charge in [0.2, 0.25) is 0 Å². The molecule has 0 aliphatic carbocycles. The topological polar surface area (TPSA) is 37.3 Å². The zero-order valence-corrected chi connectivity index (χ0v) is 12.6. The van der Waals surface area contributed by atoms with Crippen molar-refractivity contribution in [3.8, 4) is 0 Å². The Morgan fingerprint density at radius 2 is 1.74 bits per heavy atom. The number of ketones is 1. The number of aliphatic hydroxyl groups excluding tert-OH is 1. The minimum Gasteiger partial charge on any atom is -0.392 e. The van der Waals surface area contributed by atoms with E-state index in [-0.39, 0.29) is 17.8 Å². The second-order valence-corrected chi connectivity index (χ2v) is 5.67. The van der Waals surface area contributed by atoms with Gasteiger partial charge in [-0.25, -0.2) is 0 Å². The van der Waals surface area contributed by atoms with Crippen LogP contribution in [0.25, 0.3) is 0 Å². The summed E-state index contributed by atoms with van der Waals surface area (Å²) in [5.41, 5.74) is 2.45. The van der Waals surface area contributed by atoms with Crippen molar-refractivity contribution in [2.24, 2.45) is 5.41 Å². The lowest BCUT2D eigenvalue weighted by Gasteiger charge is -2.16. The molecule has 0 saturated heterocycles. The van der Waals surface area contributed by atoms with E-state index in [1.54, 1.807) is 12.2 Å². The van der Waals surface area contributed by atoms with Gasteiger partial charge in [-0.2, -0.15) is 0 Å². The first-order chi connectivity index (χ1) is 8.76. The van der Waals surface area contributed by atoms with Crippen LogP contribution in [-0.4, -0.2) is 17.5 Å². The lowest BCUT2D eigenvalue weighted by molar-refractivity contribution is -0.126. The monoisotopic (exact) mass is 262 g/mol. The summed E-state index contributed by atoms with van der Waals surface area (Å²) in [5.74, 6) is 0.244. The van der Waals surface area contributed by atoms with Crippen molar-refractivity contribution in [3.63, 3.8) is 0 Å². The Morgan fingerprint density at radius 1 is 1.16 bits per heavy atom. The standard InChI is InChI=1S/C17H26O2/c1-7-14(9-10-16(19)17(4,5)6)11-13(3)15(8-2)12-18/h7-8,11,18H,1-2,9-10,12H2,3-6H3/b14-11+,15-13+. The first kappa shape index (κ1) is 17.6. The summed E-state index contributed by atoms with van der Waals surface area (Å²) in [5, 5.41) is 9.17. The molecule has 0 aromatic heterocycles. The Bertz CT molecular complexity index is 403. The van der Waals surface area contributed by atoms with Crippen molar-refractivity contribution in [1.29, 1.82) is 0 Å². The molecule has 106 valence electrons. The predicted molar refractivity (Wildman–Crippen MR) is 82.0 cm³/mol. The molecule has 0 unspecified atom stereocenters. The predicted octanol–water partition coefficient (Wildman–Crippen LogP) is 3.99. The van der Waals surface area contributed by atoms with E-state index >= 15 is 0 Å². The van der Waals surface area contributed by atoms with Crippen molar-refractivity contribution < 1.29 is 9.90 Å². The van der Waals surface area contributed by atoms with Crippen molar-refractivity contribution in [3.05, 3.63) is 48.1 Å². The molecular formula is C17H26O2. The van der Waals surface area contributed by atoms with Crippen LogP contribution in [0, 0.1) is 5.41 Å². The maximum absolute atomic E-state index is 11.9. The molecule has 0 bridgehead atoms. The van der Waals surface area contributed by atoms with Gasteiger partial charge in [0.15, 0.2) is 0 Å². The van der Waals surface area contributed by atoms with E-state index in [0.29, 0.717) is 12.8 Å². The number of rotatable bonds is 7. The maximum Gasteiger partial charge on any atom is 0.138 e. The Kier molecular flexibility index (Phi) is 7.32. The smallest absolute Gasteiger partial charge is 0.138 e. The Labute approximate surface area is 117 Å². The van der Waals surface area contributed by atoms with Gasteiger partial charge < -0.3 is 5.11 Å². The molecule has 2 heteroatoms. The van der Waals surface area contributed by atoms with Gasteiger partial charge in [0.1, 0.15) is 5.78 Å². The normalized spacial score (nSPS) is 13.8. The number of hydrogen-bond acceptors (Lipinski definition) is 2. The molecule has 0 amide bonds. The molecule has 0 fully saturated rings. The highest BCUT2D eigenvalue weighted by molar-refractivity contribution is 5.83. The van der Waals surface area contributed by atoms with Crippen LogP contribution in [0.4, 0.5) is 0 Å². The highest BCUT2D eigenvalue weighted by atomic mass is 16.3. The maximum atomic E-state index is 11.9. The summed E-state index contributed by atoms with van der Waals surface area (Å²) < 4.78 is 0. The fourth-order valence-corrected chi connectivity index (χ4v) is 1.59. The molecule has 0 spiro atoms. The van der Waals surface area contributed by atoms with Crippen LogP contribution >= 0.6 is 0 Å². The van der Waals surface area contributed by atoms with Gasteiger partial charge in [-0.1, -0.05) is 52.2 Å². The lowest BCUT2D eigenvalue weighted by atomic mass is 9.87. The molecule has 0 saturated carbocycles. The molecule has 0 aromatic rings. The summed E-state index contributed by atoms with van der Waals surface area (Å²) in [6, 6.07) is 0. The molecule has 0 heterocycles. The molecule has 0 rings (SSSR count). The van der Waals surface area contributed by atoms with E-state index in [1.807, 2.05) is 33.8 Å². The van der Waals surface area contributed by atoms with Gasteiger partial charge in [-0.05, 0) is 30.1 Å². The van der Waals surface area contributed by atoms with E-state index in [9.17, 15) is 4.79 Å². The van der Waals surface area contributed by atoms with E-state index in [2.05, 4.69) is 13.2 Å². The highest BCUT2D eigenvalue weighted by Gasteiger charge is 2.20. The highest BCUT2D eigenvalue weighted by Crippen LogP contribution is 2.21. The van der Waals surface area contributed by atoms with E-state index in [4.69, 9.17) is 5.11 Å². The third-order valence-electron chi connectivity index (χ3n) is 3.06. The number of allylic oxidation sites excluding steroid dienone is 4. The van der Waals surface area contributed by atoms with Gasteiger partial charge in [0.25, 0.3) is 0 Å². The average Bonchev–Trinajstić information content (AvgIpc) is 2.34. The molecule has 0 radical (unpaired) electrons. The van der Waals surface area contributed by atoms with Gasteiger partial charge in [-0.3, -0.25) is 4.79 Å². The number of Topliss-reactive ketones (excluding diaryl/α,β-unsaturated/α-hetero) is 1. The first-order valence-electron chi connectivity index (χ1n) is 6.55. The largest absolute Gasteiger partial charge is 0.392 e. The van der Waals surface area contributed by atoms with Crippen molar-refractivity contribution in [1.82, 2.24) is 0 Å². The first-order valence-corrected chi connectivity index (χ1v) is 6.55. The van der Waals surface area contributed by atoms with Gasteiger partial charge >= 0.3 is 0 Å². The van der Waals surface area contributed by atoms with Crippen LogP contribution in [0.3, 0.4) is 0 Å². The van der Waals surface area contributed by atoms with Crippen LogP contribution in [-0.2, 0) is 4.79 Å². The van der Waals surface area contributed by atoms with Gasteiger partial charge in [-0.15, -0.1) is 0 Å². The molecule has 0 aliphatic heterocycles. The Balaban J connectivity index is 4.87. The van der Waals surface area contributed by atoms with E-state index < -0.39 is 0 Å². The summed E-state index contributed by atoms with van der Waals surface area (Å²) in [4.78, 5) is 11.9. The van der Waals surface area contributed by atoms with Crippen LogP contribution in [0.2, 0.25) is 0 Å². The second kappa shape index (κ2) is 7.90. The second-order valence-electron chi connectivity index (χ2n) is 5.67. The third-order valence-corrected chi connectivity index (χ3v) is 3.06. The molecular weight excluding hydrogens is 236 g/mol. The number of carbonyl (C=O) groups is 1. The minimum absolute atomic E-state index is 0.0306. The van der Waals surface area contributed by atoms with E-state index in [0.717, 1.165) is 16.7 Å². The zero-order chi connectivity index (χ0) is 15.1. The van der Waals surface area contributed by atoms with Crippen molar-refractivity contribution in [2.75, 3.05) is 6.61 Å². The summed E-state index contributed by atoms with van der Waals surface area (Å²) in [7, 11) is 0. The SMILES string of the molecule is C=C/C(=C\C(C)=C(/C=C)CO)CCC(=O)C(C)(C)C. The molecule has 1 N–H and O–H groups in total. The van der Waals surface area contributed by atoms with Crippen LogP contribution in [0.15, 0.2) is 48.1 Å². The summed E-state index contributed by atoms with van der Waals surface area (Å²) in [6.07, 6.45) is 6.55. The number of carbonyl (C=O) groups excluding carboxylic acids is 1. The molecule has 0 aromatic carbocycles. The minimum atomic E-state index is -0.297. The summed E-state index contributed by atoms with van der Waals surface area (Å²) in [6.45, 7) is 15.1. The Morgan fingerprint density at radius 3 is 2.11 bits per heavy atom. The van der Waals surface area contributed by atoms with Crippen LogP contribution in [0.1, 0.15) is 40.5 Å². The van der Waals surface area contributed by atoms with Crippen molar-refractivity contribution in [2.45, 2.75) is 40.5 Å². The van der Waals surface area contributed by atoms with Crippen molar-refractivity contribution >= 4 is 5.78 Å². The average molecular weight is 262 g/mol. The fourth-order valence-electron chi connectivity index (χ4n) is 1.59. The fraction of sp³-hybridized carbons (Fsp3) is 0.471. The third kappa shape index (κ3) is 6.35. The lowest BCUT2D eigenvalue weighted by Crippen LogP contribution is -2.19. The molecule has 19 heavy (non-hydrogen) atoms. The van der Waals surface area contributed by atoms with Gasteiger partial charge in [0.05, 0.1) is 6.61 Å². The van der Waals surface area contributed by atoms with Crippen LogP contribution < -0.4 is 0 Å². The Hall–Kier alpha value is -1.41.